The fraction of sp³-hybridized carbons (Fsp3) is 0.419. The van der Waals surface area contributed by atoms with Crippen molar-refractivity contribution in [3.8, 4) is 11.5 Å². The predicted octanol–water partition coefficient (Wildman–Crippen LogP) is 9.35. The maximum Gasteiger partial charge on any atom is 0.115 e. The van der Waals surface area contributed by atoms with E-state index in [1.165, 1.54) is 22.8 Å². The Bertz CT molecular complexity index is 866. The summed E-state index contributed by atoms with van der Waals surface area (Å²) in [6.07, 6.45) is 9.13. The van der Waals surface area contributed by atoms with Gasteiger partial charge in [-0.1, -0.05) is 84.0 Å². The Balaban J connectivity index is 0.00000168. The number of phenolic OH excluding ortho intramolecular Hbond substituents is 2. The van der Waals surface area contributed by atoms with Gasteiger partial charge in [-0.2, -0.15) is 0 Å². The predicted molar refractivity (Wildman–Crippen MR) is 148 cm³/mol. The minimum Gasteiger partial charge on any atom is -0.508 e. The van der Waals surface area contributed by atoms with Gasteiger partial charge in [0.15, 0.2) is 0 Å². The molecule has 0 aromatic heterocycles. The van der Waals surface area contributed by atoms with Crippen LogP contribution in [0.5, 0.6) is 11.5 Å². The number of aromatic hydroxyl groups is 2. The Morgan fingerprint density at radius 3 is 1.68 bits per heavy atom. The highest BCUT2D eigenvalue weighted by molar-refractivity contribution is 5.41. The molecule has 0 unspecified atom stereocenters. The number of benzene rings is 2. The van der Waals surface area contributed by atoms with Crippen LogP contribution in [0.1, 0.15) is 91.2 Å². The molecule has 1 fully saturated rings. The Hall–Kier alpha value is -2.94. The molecule has 3 heteroatoms. The number of allylic oxidation sites excluding steroid dienone is 4. The zero-order chi connectivity index (χ0) is 26.1. The van der Waals surface area contributed by atoms with Gasteiger partial charge in [-0.15, -0.1) is 0 Å². The third-order valence-electron chi connectivity index (χ3n) is 6.09. The van der Waals surface area contributed by atoms with Gasteiger partial charge in [-0.05, 0) is 86.1 Å². The second-order valence-electron chi connectivity index (χ2n) is 7.64. The lowest BCUT2D eigenvalue weighted by molar-refractivity contribution is 0.309. The van der Waals surface area contributed by atoms with Crippen molar-refractivity contribution in [2.75, 3.05) is 0 Å². The normalized spacial score (nSPS) is 19.8. The standard InChI is InChI=1S/C25H28O3.3C2H6/c1-3-22(26)9-4-18(2)25(21-7-12-24(28)13-8-21)16-14-20(15-17-25)19-5-10-23(27)11-6-19;3*1-2/h3-13,20,26-28H,1,14-17H2,2H3;3*1-2H3/b18-4+,22-9+;;;. The molecule has 0 atom stereocenters. The average molecular weight is 467 g/mol. The van der Waals surface area contributed by atoms with Crippen molar-refractivity contribution >= 4 is 0 Å². The van der Waals surface area contributed by atoms with Crippen molar-refractivity contribution in [3.05, 3.63) is 95.8 Å². The van der Waals surface area contributed by atoms with Crippen LogP contribution in [0.25, 0.3) is 0 Å². The molecule has 1 aliphatic carbocycles. The van der Waals surface area contributed by atoms with Crippen LogP contribution in [0.4, 0.5) is 0 Å². The first-order chi connectivity index (χ1) is 16.4. The average Bonchev–Trinajstić information content (AvgIpc) is 2.91. The number of aliphatic hydroxyl groups excluding tert-OH is 1. The van der Waals surface area contributed by atoms with Gasteiger partial charge in [-0.25, -0.2) is 0 Å². The molecule has 2 aromatic carbocycles. The van der Waals surface area contributed by atoms with Gasteiger partial charge in [-0.3, -0.25) is 0 Å². The number of hydrogen-bond donors (Lipinski definition) is 3. The van der Waals surface area contributed by atoms with E-state index in [1.807, 2.05) is 71.9 Å². The molecule has 2 aromatic rings. The highest BCUT2D eigenvalue weighted by Crippen LogP contribution is 2.49. The molecule has 3 rings (SSSR count). The van der Waals surface area contributed by atoms with E-state index < -0.39 is 0 Å². The molecule has 188 valence electrons. The summed E-state index contributed by atoms with van der Waals surface area (Å²) in [5.74, 6) is 1.18. The molecule has 1 saturated carbocycles. The van der Waals surface area contributed by atoms with E-state index in [9.17, 15) is 15.3 Å². The van der Waals surface area contributed by atoms with Crippen LogP contribution in [-0.4, -0.2) is 15.3 Å². The van der Waals surface area contributed by atoms with Gasteiger partial charge in [0.1, 0.15) is 17.3 Å². The Morgan fingerprint density at radius 1 is 0.794 bits per heavy atom. The zero-order valence-electron chi connectivity index (χ0n) is 22.3. The molecule has 0 aliphatic heterocycles. The first-order valence-electron chi connectivity index (χ1n) is 12.7. The maximum absolute atomic E-state index is 9.75. The first-order valence-corrected chi connectivity index (χ1v) is 12.7. The smallest absolute Gasteiger partial charge is 0.115 e. The minimum absolute atomic E-state index is 0.126. The van der Waals surface area contributed by atoms with Gasteiger partial charge in [0, 0.05) is 5.41 Å². The lowest BCUT2D eigenvalue weighted by atomic mass is 9.62. The van der Waals surface area contributed by atoms with Gasteiger partial charge < -0.3 is 15.3 Å². The lowest BCUT2D eigenvalue weighted by Crippen LogP contribution is -2.32. The van der Waals surface area contributed by atoms with Crippen molar-refractivity contribution in [1.82, 2.24) is 0 Å². The summed E-state index contributed by atoms with van der Waals surface area (Å²) >= 11 is 0. The second kappa shape index (κ2) is 16.6. The Kier molecular flexibility index (Phi) is 15.2. The summed E-state index contributed by atoms with van der Waals surface area (Å²) in [5, 5.41) is 29.0. The van der Waals surface area contributed by atoms with Crippen LogP contribution < -0.4 is 0 Å². The van der Waals surface area contributed by atoms with Gasteiger partial charge in [0.05, 0.1) is 0 Å². The summed E-state index contributed by atoms with van der Waals surface area (Å²) < 4.78 is 0. The van der Waals surface area contributed by atoms with E-state index in [2.05, 4.69) is 13.5 Å². The summed E-state index contributed by atoms with van der Waals surface area (Å²) in [4.78, 5) is 0. The van der Waals surface area contributed by atoms with Crippen molar-refractivity contribution in [2.45, 2.75) is 85.5 Å². The topological polar surface area (TPSA) is 60.7 Å². The third-order valence-corrected chi connectivity index (χ3v) is 6.09. The van der Waals surface area contributed by atoms with Crippen molar-refractivity contribution in [3.63, 3.8) is 0 Å². The van der Waals surface area contributed by atoms with E-state index >= 15 is 0 Å². The quantitative estimate of drug-likeness (QED) is 0.304. The number of hydrogen-bond acceptors (Lipinski definition) is 3. The van der Waals surface area contributed by atoms with E-state index in [1.54, 1.807) is 30.3 Å². The highest BCUT2D eigenvalue weighted by atomic mass is 16.3. The van der Waals surface area contributed by atoms with Crippen LogP contribution >= 0.6 is 0 Å². The molecule has 0 saturated heterocycles. The Labute approximate surface area is 208 Å². The van der Waals surface area contributed by atoms with Crippen molar-refractivity contribution in [2.24, 2.45) is 0 Å². The fourth-order valence-electron chi connectivity index (χ4n) is 4.32. The SMILES string of the molecule is C=C/C(O)=C\C=C(/C)C1(c2ccc(O)cc2)CCC(c2ccc(O)cc2)CC1.CC.CC.CC. The second-order valence-corrected chi connectivity index (χ2v) is 7.64. The van der Waals surface area contributed by atoms with Crippen LogP contribution in [0.3, 0.4) is 0 Å². The van der Waals surface area contributed by atoms with Crippen LogP contribution in [0, 0.1) is 0 Å². The molecule has 0 heterocycles. The van der Waals surface area contributed by atoms with E-state index in [0.29, 0.717) is 11.7 Å². The summed E-state index contributed by atoms with van der Waals surface area (Å²) in [6, 6.07) is 15.0. The molecule has 0 spiro atoms. The fourth-order valence-corrected chi connectivity index (χ4v) is 4.32. The Morgan fingerprint density at radius 2 is 1.24 bits per heavy atom. The highest BCUT2D eigenvalue weighted by Gasteiger charge is 2.38. The molecule has 0 amide bonds. The number of aliphatic hydroxyl groups is 1. The van der Waals surface area contributed by atoms with Gasteiger partial charge in [0.25, 0.3) is 0 Å². The maximum atomic E-state index is 9.75. The molecule has 0 radical (unpaired) electrons. The van der Waals surface area contributed by atoms with Gasteiger partial charge in [0.2, 0.25) is 0 Å². The van der Waals surface area contributed by atoms with Crippen molar-refractivity contribution < 1.29 is 15.3 Å². The summed E-state index contributed by atoms with van der Waals surface area (Å²) in [7, 11) is 0. The molecular formula is C31H46O3. The lowest BCUT2D eigenvalue weighted by Gasteiger charge is -2.42. The van der Waals surface area contributed by atoms with Crippen LogP contribution in [-0.2, 0) is 5.41 Å². The summed E-state index contributed by atoms with van der Waals surface area (Å²) in [5.41, 5.74) is 3.52. The zero-order valence-corrected chi connectivity index (χ0v) is 22.3. The number of phenols is 2. The molecule has 0 bridgehead atoms. The van der Waals surface area contributed by atoms with Crippen molar-refractivity contribution in [1.29, 1.82) is 0 Å². The summed E-state index contributed by atoms with van der Waals surface area (Å²) in [6.45, 7) is 17.7. The monoisotopic (exact) mass is 466 g/mol. The molecule has 1 aliphatic rings. The molecule has 3 N–H and O–H groups in total. The third kappa shape index (κ3) is 8.44. The molecule has 34 heavy (non-hydrogen) atoms. The largest absolute Gasteiger partial charge is 0.508 e. The molecule has 3 nitrogen and oxygen atoms in total. The van der Waals surface area contributed by atoms with E-state index in [4.69, 9.17) is 0 Å². The van der Waals surface area contributed by atoms with Gasteiger partial charge >= 0.3 is 0 Å². The van der Waals surface area contributed by atoms with Crippen LogP contribution in [0.15, 0.2) is 84.7 Å². The number of rotatable bonds is 5. The van der Waals surface area contributed by atoms with Crippen LogP contribution in [0.2, 0.25) is 0 Å². The molecular weight excluding hydrogens is 420 g/mol. The minimum atomic E-state index is -0.126. The van der Waals surface area contributed by atoms with E-state index in [0.717, 1.165) is 25.7 Å². The van der Waals surface area contributed by atoms with E-state index in [-0.39, 0.29) is 16.9 Å². The first kappa shape index (κ1) is 31.1.